The molecular formula is C16H25FN2. The van der Waals surface area contributed by atoms with Gasteiger partial charge in [0.25, 0.3) is 0 Å². The number of piperazine rings is 1. The fraction of sp³-hybridized carbons (Fsp3) is 0.625. The monoisotopic (exact) mass is 264 g/mol. The van der Waals surface area contributed by atoms with E-state index in [-0.39, 0.29) is 11.2 Å². The Labute approximate surface area is 116 Å². The minimum absolute atomic E-state index is 0.134. The van der Waals surface area contributed by atoms with E-state index >= 15 is 0 Å². The van der Waals surface area contributed by atoms with Crippen LogP contribution in [0.2, 0.25) is 0 Å². The number of nitrogens with one attached hydrogen (secondary N) is 1. The van der Waals surface area contributed by atoms with Gasteiger partial charge in [0.15, 0.2) is 0 Å². The molecule has 1 aliphatic rings. The first kappa shape index (κ1) is 14.5. The van der Waals surface area contributed by atoms with Gasteiger partial charge < -0.3 is 10.2 Å². The molecule has 1 saturated heterocycles. The van der Waals surface area contributed by atoms with Crippen LogP contribution in [0, 0.1) is 11.2 Å². The van der Waals surface area contributed by atoms with Crippen LogP contribution in [0.5, 0.6) is 0 Å². The zero-order chi connectivity index (χ0) is 13.9. The molecule has 0 bridgehead atoms. The molecule has 106 valence electrons. The first-order valence-electron chi connectivity index (χ1n) is 7.15. The van der Waals surface area contributed by atoms with Gasteiger partial charge in [-0.2, -0.15) is 0 Å². The minimum atomic E-state index is -0.134. The summed E-state index contributed by atoms with van der Waals surface area (Å²) in [5.41, 5.74) is 1.38. The van der Waals surface area contributed by atoms with E-state index in [1.807, 2.05) is 6.07 Å². The van der Waals surface area contributed by atoms with E-state index in [1.54, 1.807) is 12.1 Å². The van der Waals surface area contributed by atoms with E-state index in [2.05, 4.69) is 31.0 Å². The maximum Gasteiger partial charge on any atom is 0.123 e. The van der Waals surface area contributed by atoms with Crippen LogP contribution in [0.4, 0.5) is 4.39 Å². The van der Waals surface area contributed by atoms with Crippen molar-refractivity contribution in [2.75, 3.05) is 26.2 Å². The molecule has 2 nitrogen and oxygen atoms in total. The Morgan fingerprint density at radius 1 is 1.37 bits per heavy atom. The maximum absolute atomic E-state index is 13.1. The minimum Gasteiger partial charge on any atom is -0.311 e. The van der Waals surface area contributed by atoms with Crippen molar-refractivity contribution in [2.45, 2.75) is 33.2 Å². The summed E-state index contributed by atoms with van der Waals surface area (Å²) in [6.45, 7) is 11.1. The van der Waals surface area contributed by atoms with Crippen molar-refractivity contribution in [3.05, 3.63) is 35.6 Å². The Kier molecular flexibility index (Phi) is 4.58. The number of hydrogen-bond donors (Lipinski definition) is 1. The van der Waals surface area contributed by atoms with E-state index < -0.39 is 0 Å². The lowest BCUT2D eigenvalue weighted by molar-refractivity contribution is 0.135. The molecule has 3 heteroatoms. The molecule has 0 spiro atoms. The van der Waals surface area contributed by atoms with Crippen LogP contribution in [-0.2, 0) is 6.42 Å². The van der Waals surface area contributed by atoms with E-state index in [9.17, 15) is 4.39 Å². The lowest BCUT2D eigenvalue weighted by Crippen LogP contribution is -2.56. The average Bonchev–Trinajstić information content (AvgIpc) is 2.36. The van der Waals surface area contributed by atoms with Gasteiger partial charge in [-0.3, -0.25) is 0 Å². The van der Waals surface area contributed by atoms with Gasteiger partial charge in [-0.05, 0) is 29.5 Å². The van der Waals surface area contributed by atoms with Crippen LogP contribution >= 0.6 is 0 Å². The van der Waals surface area contributed by atoms with Gasteiger partial charge in [0.1, 0.15) is 5.82 Å². The summed E-state index contributed by atoms with van der Waals surface area (Å²) in [6, 6.07) is 7.48. The molecule has 1 aromatic rings. The van der Waals surface area contributed by atoms with Gasteiger partial charge in [0, 0.05) is 32.2 Å². The summed E-state index contributed by atoms with van der Waals surface area (Å²) in [5, 5.41) is 3.59. The van der Waals surface area contributed by atoms with Gasteiger partial charge in [0.2, 0.25) is 0 Å². The second kappa shape index (κ2) is 6.02. The molecule has 0 aromatic heterocycles. The molecule has 1 heterocycles. The van der Waals surface area contributed by atoms with E-state index in [0.717, 1.165) is 38.2 Å². The molecule has 1 N–H and O–H groups in total. The van der Waals surface area contributed by atoms with E-state index in [4.69, 9.17) is 0 Å². The molecule has 1 unspecified atom stereocenters. The van der Waals surface area contributed by atoms with Gasteiger partial charge in [-0.25, -0.2) is 4.39 Å². The Bertz CT molecular complexity index is 411. The Hall–Kier alpha value is -0.930. The molecule has 0 radical (unpaired) electrons. The SMILES string of the molecule is CC(C)(C)C1CN(CCc2cccc(F)c2)CCN1. The molecule has 0 aliphatic carbocycles. The molecule has 1 aliphatic heterocycles. The summed E-state index contributed by atoms with van der Waals surface area (Å²) in [6.07, 6.45) is 0.925. The van der Waals surface area contributed by atoms with Crippen LogP contribution < -0.4 is 5.32 Å². The zero-order valence-electron chi connectivity index (χ0n) is 12.2. The predicted octanol–water partition coefficient (Wildman–Crippen LogP) is 2.69. The highest BCUT2D eigenvalue weighted by Gasteiger charge is 2.28. The third kappa shape index (κ3) is 4.29. The summed E-state index contributed by atoms with van der Waals surface area (Å²) < 4.78 is 13.1. The van der Waals surface area contributed by atoms with Gasteiger partial charge in [-0.15, -0.1) is 0 Å². The lowest BCUT2D eigenvalue weighted by atomic mass is 9.85. The molecule has 1 fully saturated rings. The first-order chi connectivity index (χ1) is 8.95. The Morgan fingerprint density at radius 2 is 2.16 bits per heavy atom. The molecule has 0 saturated carbocycles. The van der Waals surface area contributed by atoms with E-state index in [0.29, 0.717) is 6.04 Å². The maximum atomic E-state index is 13.1. The van der Waals surface area contributed by atoms with Crippen molar-refractivity contribution in [2.24, 2.45) is 5.41 Å². The second-order valence-electron chi connectivity index (χ2n) is 6.55. The highest BCUT2D eigenvalue weighted by Crippen LogP contribution is 2.21. The average molecular weight is 264 g/mol. The molecule has 0 amide bonds. The third-order valence-electron chi connectivity index (χ3n) is 3.91. The smallest absolute Gasteiger partial charge is 0.123 e. The zero-order valence-corrected chi connectivity index (χ0v) is 12.2. The van der Waals surface area contributed by atoms with Gasteiger partial charge >= 0.3 is 0 Å². The molecule has 2 rings (SSSR count). The molecule has 19 heavy (non-hydrogen) atoms. The Morgan fingerprint density at radius 3 is 2.84 bits per heavy atom. The van der Waals surface area contributed by atoms with Crippen molar-refractivity contribution < 1.29 is 4.39 Å². The van der Waals surface area contributed by atoms with E-state index in [1.165, 1.54) is 6.07 Å². The van der Waals surface area contributed by atoms with Crippen LogP contribution in [-0.4, -0.2) is 37.1 Å². The molecular weight excluding hydrogens is 239 g/mol. The summed E-state index contributed by atoms with van der Waals surface area (Å²) >= 11 is 0. The second-order valence-corrected chi connectivity index (χ2v) is 6.55. The number of rotatable bonds is 3. The molecule has 1 atom stereocenters. The number of benzene rings is 1. The number of hydrogen-bond acceptors (Lipinski definition) is 2. The normalized spacial score (nSPS) is 21.6. The highest BCUT2D eigenvalue weighted by atomic mass is 19.1. The van der Waals surface area contributed by atoms with Crippen LogP contribution in [0.1, 0.15) is 26.3 Å². The lowest BCUT2D eigenvalue weighted by Gasteiger charge is -2.40. The summed E-state index contributed by atoms with van der Waals surface area (Å²) in [7, 11) is 0. The van der Waals surface area contributed by atoms with Crippen molar-refractivity contribution in [1.82, 2.24) is 10.2 Å². The van der Waals surface area contributed by atoms with Crippen LogP contribution in [0.25, 0.3) is 0 Å². The van der Waals surface area contributed by atoms with Gasteiger partial charge in [-0.1, -0.05) is 32.9 Å². The topological polar surface area (TPSA) is 15.3 Å². The number of halogens is 1. The number of nitrogens with zero attached hydrogens (tertiary/aromatic N) is 1. The largest absolute Gasteiger partial charge is 0.311 e. The van der Waals surface area contributed by atoms with Crippen molar-refractivity contribution in [3.63, 3.8) is 0 Å². The van der Waals surface area contributed by atoms with Gasteiger partial charge in [0.05, 0.1) is 0 Å². The fourth-order valence-electron chi connectivity index (χ4n) is 2.57. The van der Waals surface area contributed by atoms with Crippen molar-refractivity contribution in [3.8, 4) is 0 Å². The first-order valence-corrected chi connectivity index (χ1v) is 7.15. The molecule has 1 aromatic carbocycles. The van der Waals surface area contributed by atoms with Crippen molar-refractivity contribution in [1.29, 1.82) is 0 Å². The van der Waals surface area contributed by atoms with Crippen molar-refractivity contribution >= 4 is 0 Å². The highest BCUT2D eigenvalue weighted by molar-refractivity contribution is 5.16. The predicted molar refractivity (Wildman–Crippen MR) is 77.8 cm³/mol. The standard InChI is InChI=1S/C16H25FN2/c1-16(2,3)15-12-19(10-8-18-15)9-7-13-5-4-6-14(17)11-13/h4-6,11,15,18H,7-10,12H2,1-3H3. The quantitative estimate of drug-likeness (QED) is 0.903. The third-order valence-corrected chi connectivity index (χ3v) is 3.91. The van der Waals surface area contributed by atoms with Crippen LogP contribution in [0.3, 0.4) is 0 Å². The fourth-order valence-corrected chi connectivity index (χ4v) is 2.57. The summed E-state index contributed by atoms with van der Waals surface area (Å²) in [5.74, 6) is -0.134. The Balaban J connectivity index is 1.86. The summed E-state index contributed by atoms with van der Waals surface area (Å²) in [4.78, 5) is 2.48. The van der Waals surface area contributed by atoms with Crippen LogP contribution in [0.15, 0.2) is 24.3 Å².